The standard InChI is InChI=1S/C13H14FN3O/c1-9-3-4-10(14)7-12(9)15-8-11-5-6-13(18-2)17-16-11/h3-7,15H,8H2,1-2H3. The highest BCUT2D eigenvalue weighted by atomic mass is 19.1. The molecule has 0 aliphatic rings. The molecule has 2 aromatic rings. The smallest absolute Gasteiger partial charge is 0.233 e. The van der Waals surface area contributed by atoms with Crippen LogP contribution in [0.3, 0.4) is 0 Å². The molecule has 0 radical (unpaired) electrons. The van der Waals surface area contributed by atoms with Crippen LogP contribution in [0.25, 0.3) is 0 Å². The lowest BCUT2D eigenvalue weighted by atomic mass is 10.2. The van der Waals surface area contributed by atoms with E-state index in [-0.39, 0.29) is 5.82 Å². The summed E-state index contributed by atoms with van der Waals surface area (Å²) in [7, 11) is 1.54. The monoisotopic (exact) mass is 247 g/mol. The third-order valence-electron chi connectivity index (χ3n) is 2.56. The lowest BCUT2D eigenvalue weighted by molar-refractivity contribution is 0.391. The zero-order valence-electron chi connectivity index (χ0n) is 10.3. The van der Waals surface area contributed by atoms with Crippen molar-refractivity contribution in [1.29, 1.82) is 0 Å². The molecule has 0 atom stereocenters. The van der Waals surface area contributed by atoms with Crippen LogP contribution >= 0.6 is 0 Å². The van der Waals surface area contributed by atoms with Crippen LogP contribution in [0.1, 0.15) is 11.3 Å². The Labute approximate surface area is 105 Å². The number of anilines is 1. The highest BCUT2D eigenvalue weighted by molar-refractivity contribution is 5.50. The number of hydrogen-bond acceptors (Lipinski definition) is 4. The molecule has 0 saturated heterocycles. The molecule has 0 aliphatic heterocycles. The number of halogens is 1. The molecule has 1 N–H and O–H groups in total. The summed E-state index contributed by atoms with van der Waals surface area (Å²) in [6, 6.07) is 8.19. The van der Waals surface area contributed by atoms with E-state index in [1.165, 1.54) is 19.2 Å². The maximum Gasteiger partial charge on any atom is 0.233 e. The first-order valence-electron chi connectivity index (χ1n) is 5.55. The zero-order chi connectivity index (χ0) is 13.0. The first-order valence-corrected chi connectivity index (χ1v) is 5.55. The van der Waals surface area contributed by atoms with E-state index < -0.39 is 0 Å². The minimum atomic E-state index is -0.260. The summed E-state index contributed by atoms with van der Waals surface area (Å²) in [5, 5.41) is 11.0. The number of nitrogens with zero attached hydrogens (tertiary/aromatic N) is 2. The van der Waals surface area contributed by atoms with Crippen molar-refractivity contribution < 1.29 is 9.13 Å². The predicted molar refractivity (Wildman–Crippen MR) is 67.0 cm³/mol. The number of aromatic nitrogens is 2. The van der Waals surface area contributed by atoms with Crippen molar-refractivity contribution in [3.63, 3.8) is 0 Å². The normalized spacial score (nSPS) is 10.2. The van der Waals surface area contributed by atoms with E-state index in [1.54, 1.807) is 12.1 Å². The number of hydrogen-bond donors (Lipinski definition) is 1. The molecule has 0 spiro atoms. The van der Waals surface area contributed by atoms with Gasteiger partial charge in [-0.2, -0.15) is 5.10 Å². The minimum absolute atomic E-state index is 0.260. The molecule has 0 aliphatic carbocycles. The molecule has 0 fully saturated rings. The largest absolute Gasteiger partial charge is 0.480 e. The van der Waals surface area contributed by atoms with Crippen molar-refractivity contribution in [2.75, 3.05) is 12.4 Å². The van der Waals surface area contributed by atoms with Gasteiger partial charge in [0, 0.05) is 11.8 Å². The summed E-state index contributed by atoms with van der Waals surface area (Å²) >= 11 is 0. The predicted octanol–water partition coefficient (Wildman–Crippen LogP) is 2.54. The van der Waals surface area contributed by atoms with Gasteiger partial charge in [0.05, 0.1) is 19.3 Å². The number of ether oxygens (including phenoxy) is 1. The summed E-state index contributed by atoms with van der Waals surface area (Å²) in [5.41, 5.74) is 2.50. The molecule has 0 bridgehead atoms. The van der Waals surface area contributed by atoms with E-state index >= 15 is 0 Å². The Morgan fingerprint density at radius 3 is 2.72 bits per heavy atom. The highest BCUT2D eigenvalue weighted by Gasteiger charge is 2.02. The highest BCUT2D eigenvalue weighted by Crippen LogP contribution is 2.16. The molecule has 1 aromatic carbocycles. The van der Waals surface area contributed by atoms with Gasteiger partial charge in [-0.3, -0.25) is 0 Å². The maximum absolute atomic E-state index is 13.1. The third kappa shape index (κ3) is 2.94. The summed E-state index contributed by atoms with van der Waals surface area (Å²) in [5.74, 6) is 0.213. The van der Waals surface area contributed by atoms with Crippen molar-refractivity contribution in [2.24, 2.45) is 0 Å². The Balaban J connectivity index is 2.04. The van der Waals surface area contributed by atoms with Gasteiger partial charge in [-0.05, 0) is 30.7 Å². The van der Waals surface area contributed by atoms with Crippen molar-refractivity contribution in [3.05, 3.63) is 47.4 Å². The molecule has 18 heavy (non-hydrogen) atoms. The molecule has 0 amide bonds. The summed E-state index contributed by atoms with van der Waals surface area (Å²) < 4.78 is 18.0. The molecule has 2 rings (SSSR count). The number of aryl methyl sites for hydroxylation is 1. The number of benzene rings is 1. The Hall–Kier alpha value is -2.17. The Morgan fingerprint density at radius 2 is 2.06 bits per heavy atom. The lowest BCUT2D eigenvalue weighted by Crippen LogP contribution is -2.04. The average Bonchev–Trinajstić information content (AvgIpc) is 2.40. The second kappa shape index (κ2) is 5.44. The molecular formula is C13H14FN3O. The number of rotatable bonds is 4. The van der Waals surface area contributed by atoms with Crippen LogP contribution in [0.5, 0.6) is 5.88 Å². The zero-order valence-corrected chi connectivity index (χ0v) is 10.3. The molecule has 1 aromatic heterocycles. The van der Waals surface area contributed by atoms with Crippen LogP contribution in [-0.4, -0.2) is 17.3 Å². The average molecular weight is 247 g/mol. The summed E-state index contributed by atoms with van der Waals surface area (Å²) in [6.07, 6.45) is 0. The van der Waals surface area contributed by atoms with E-state index in [2.05, 4.69) is 15.5 Å². The lowest BCUT2D eigenvalue weighted by Gasteiger charge is -2.09. The number of methoxy groups -OCH3 is 1. The SMILES string of the molecule is COc1ccc(CNc2cc(F)ccc2C)nn1. The second-order valence-corrected chi connectivity index (χ2v) is 3.88. The van der Waals surface area contributed by atoms with Crippen molar-refractivity contribution in [2.45, 2.75) is 13.5 Å². The first-order chi connectivity index (χ1) is 8.69. The minimum Gasteiger partial charge on any atom is -0.480 e. The molecule has 1 heterocycles. The maximum atomic E-state index is 13.1. The van der Waals surface area contributed by atoms with Gasteiger partial charge >= 0.3 is 0 Å². The molecule has 0 saturated carbocycles. The molecule has 4 nitrogen and oxygen atoms in total. The molecule has 94 valence electrons. The van der Waals surface area contributed by atoms with E-state index in [0.717, 1.165) is 16.9 Å². The van der Waals surface area contributed by atoms with Crippen LogP contribution in [0.2, 0.25) is 0 Å². The Bertz CT molecular complexity index is 528. The van der Waals surface area contributed by atoms with E-state index in [1.807, 2.05) is 13.0 Å². The molecule has 0 unspecified atom stereocenters. The summed E-state index contributed by atoms with van der Waals surface area (Å²) in [4.78, 5) is 0. The van der Waals surface area contributed by atoms with Crippen molar-refractivity contribution in [3.8, 4) is 5.88 Å². The third-order valence-corrected chi connectivity index (χ3v) is 2.56. The van der Waals surface area contributed by atoms with Gasteiger partial charge in [-0.25, -0.2) is 4.39 Å². The van der Waals surface area contributed by atoms with Crippen molar-refractivity contribution >= 4 is 5.69 Å². The van der Waals surface area contributed by atoms with Gasteiger partial charge in [0.25, 0.3) is 0 Å². The van der Waals surface area contributed by atoms with E-state index in [0.29, 0.717) is 12.4 Å². The van der Waals surface area contributed by atoms with Gasteiger partial charge < -0.3 is 10.1 Å². The fourth-order valence-corrected chi connectivity index (χ4v) is 1.52. The summed E-state index contributed by atoms with van der Waals surface area (Å²) in [6.45, 7) is 2.41. The quantitative estimate of drug-likeness (QED) is 0.902. The fraction of sp³-hybridized carbons (Fsp3) is 0.231. The first kappa shape index (κ1) is 12.3. The van der Waals surface area contributed by atoms with Gasteiger partial charge in [0.15, 0.2) is 0 Å². The fourth-order valence-electron chi connectivity index (χ4n) is 1.52. The van der Waals surface area contributed by atoms with Gasteiger partial charge in [-0.1, -0.05) is 6.07 Å². The van der Waals surface area contributed by atoms with Crippen LogP contribution < -0.4 is 10.1 Å². The Morgan fingerprint density at radius 1 is 1.22 bits per heavy atom. The molecular weight excluding hydrogens is 233 g/mol. The second-order valence-electron chi connectivity index (χ2n) is 3.88. The Kier molecular flexibility index (Phi) is 3.72. The van der Waals surface area contributed by atoms with Gasteiger partial charge in [0.2, 0.25) is 5.88 Å². The van der Waals surface area contributed by atoms with Crippen molar-refractivity contribution in [1.82, 2.24) is 10.2 Å². The van der Waals surface area contributed by atoms with Crippen LogP contribution in [0.4, 0.5) is 10.1 Å². The topological polar surface area (TPSA) is 47.0 Å². The van der Waals surface area contributed by atoms with E-state index in [9.17, 15) is 4.39 Å². The van der Waals surface area contributed by atoms with Crippen LogP contribution in [-0.2, 0) is 6.54 Å². The number of nitrogens with one attached hydrogen (secondary N) is 1. The van der Waals surface area contributed by atoms with Gasteiger partial charge in [-0.15, -0.1) is 5.10 Å². The van der Waals surface area contributed by atoms with Crippen LogP contribution in [0, 0.1) is 12.7 Å². The van der Waals surface area contributed by atoms with E-state index in [4.69, 9.17) is 4.74 Å². The molecule has 5 heteroatoms. The van der Waals surface area contributed by atoms with Gasteiger partial charge in [0.1, 0.15) is 5.82 Å². The van der Waals surface area contributed by atoms with Crippen LogP contribution in [0.15, 0.2) is 30.3 Å².